The lowest BCUT2D eigenvalue weighted by Crippen LogP contribution is -2.50. The first kappa shape index (κ1) is 21.1. The number of rotatable bonds is 6. The molecule has 2 atom stereocenters. The third-order valence-corrected chi connectivity index (χ3v) is 8.29. The molecule has 3 aliphatic rings. The zero-order valence-corrected chi connectivity index (χ0v) is 18.6. The molecule has 0 radical (unpaired) electrons. The van der Waals surface area contributed by atoms with Gasteiger partial charge in [-0.05, 0) is 56.4 Å². The maximum atomic E-state index is 11.4. The van der Waals surface area contributed by atoms with Crippen LogP contribution in [-0.4, -0.2) is 70.3 Å². The van der Waals surface area contributed by atoms with Gasteiger partial charge in [0.1, 0.15) is 23.4 Å². The van der Waals surface area contributed by atoms with Crippen LogP contribution in [0.25, 0.3) is 10.2 Å². The number of aromatic nitrogens is 2. The van der Waals surface area contributed by atoms with Crippen molar-refractivity contribution < 1.29 is 14.6 Å². The Morgan fingerprint density at radius 2 is 2.03 bits per heavy atom. The molecular weight excluding hydrogens is 414 g/mol. The van der Waals surface area contributed by atoms with Crippen LogP contribution < -0.4 is 15.8 Å². The van der Waals surface area contributed by atoms with Gasteiger partial charge in [0.25, 0.3) is 0 Å². The topological polar surface area (TPSA) is 114 Å². The van der Waals surface area contributed by atoms with Gasteiger partial charge in [0.05, 0.1) is 5.39 Å². The van der Waals surface area contributed by atoms with Crippen molar-refractivity contribution >= 4 is 27.5 Å². The van der Waals surface area contributed by atoms with E-state index >= 15 is 0 Å². The molecule has 0 aromatic carbocycles. The standard InChI is InChI=1S/C22H31N5O3S/c23-20(29)16(28)11-13-1-6-17-18(13)19-21(25-12-26-22(19)31-17)30-15-4-2-14(3-5-15)27-9-7-24-8-10-27/h12-16,24,28H,1-11H2,(H2,23,29)/t13-,14?,15?,16-/m1/s1. The number of aliphatic hydroxyl groups is 1. The second kappa shape index (κ2) is 8.97. The first-order valence-electron chi connectivity index (χ1n) is 11.4. The van der Waals surface area contributed by atoms with Gasteiger partial charge in [-0.25, -0.2) is 9.97 Å². The molecule has 2 aliphatic carbocycles. The number of nitrogens with two attached hydrogens (primary N) is 1. The molecule has 1 amide bonds. The molecular formula is C22H31N5O3S. The van der Waals surface area contributed by atoms with Gasteiger partial charge in [-0.1, -0.05) is 0 Å². The Morgan fingerprint density at radius 3 is 2.77 bits per heavy atom. The summed E-state index contributed by atoms with van der Waals surface area (Å²) in [5.74, 6) is 0.0820. The van der Waals surface area contributed by atoms with Crippen molar-refractivity contribution in [2.45, 2.75) is 69.1 Å². The van der Waals surface area contributed by atoms with Gasteiger partial charge in [-0.2, -0.15) is 0 Å². The van der Waals surface area contributed by atoms with Crippen molar-refractivity contribution in [1.29, 1.82) is 0 Å². The van der Waals surface area contributed by atoms with Crippen LogP contribution in [0.1, 0.15) is 54.9 Å². The minimum atomic E-state index is -1.12. The first-order chi connectivity index (χ1) is 15.1. The number of aryl methyl sites for hydroxylation is 1. The lowest BCUT2D eigenvalue weighted by Gasteiger charge is -2.39. The monoisotopic (exact) mass is 445 g/mol. The first-order valence-corrected chi connectivity index (χ1v) is 12.3. The van der Waals surface area contributed by atoms with Gasteiger partial charge in [0.15, 0.2) is 0 Å². The molecule has 5 rings (SSSR count). The highest BCUT2D eigenvalue weighted by atomic mass is 32.1. The highest BCUT2D eigenvalue weighted by molar-refractivity contribution is 7.19. The lowest BCUT2D eigenvalue weighted by molar-refractivity contribution is -0.126. The number of primary amides is 1. The summed E-state index contributed by atoms with van der Waals surface area (Å²) >= 11 is 1.68. The molecule has 1 aliphatic heterocycles. The fourth-order valence-corrected chi connectivity index (χ4v) is 6.72. The van der Waals surface area contributed by atoms with Gasteiger partial charge in [0.2, 0.25) is 11.8 Å². The van der Waals surface area contributed by atoms with E-state index in [1.54, 1.807) is 17.7 Å². The molecule has 31 heavy (non-hydrogen) atoms. The minimum Gasteiger partial charge on any atom is -0.474 e. The van der Waals surface area contributed by atoms with Gasteiger partial charge >= 0.3 is 0 Å². The average molecular weight is 446 g/mol. The predicted molar refractivity (Wildman–Crippen MR) is 119 cm³/mol. The summed E-state index contributed by atoms with van der Waals surface area (Å²) in [5.41, 5.74) is 6.46. The number of fused-ring (bicyclic) bond motifs is 3. The van der Waals surface area contributed by atoms with E-state index in [2.05, 4.69) is 20.2 Å². The van der Waals surface area contributed by atoms with Crippen LogP contribution in [0.2, 0.25) is 0 Å². The van der Waals surface area contributed by atoms with Crippen molar-refractivity contribution in [3.63, 3.8) is 0 Å². The van der Waals surface area contributed by atoms with Crippen molar-refractivity contribution in [2.24, 2.45) is 5.73 Å². The molecule has 8 nitrogen and oxygen atoms in total. The number of amides is 1. The van der Waals surface area contributed by atoms with Crippen LogP contribution in [-0.2, 0) is 11.2 Å². The van der Waals surface area contributed by atoms with E-state index in [1.807, 2.05) is 0 Å². The van der Waals surface area contributed by atoms with E-state index in [0.717, 1.165) is 80.5 Å². The summed E-state index contributed by atoms with van der Waals surface area (Å²) in [7, 11) is 0. The molecule has 0 bridgehead atoms. The molecule has 2 aromatic heterocycles. The molecule has 9 heteroatoms. The molecule has 2 fully saturated rings. The van der Waals surface area contributed by atoms with Gasteiger partial charge in [-0.3, -0.25) is 9.69 Å². The van der Waals surface area contributed by atoms with Crippen LogP contribution in [0.3, 0.4) is 0 Å². The molecule has 1 saturated carbocycles. The van der Waals surface area contributed by atoms with Crippen LogP contribution in [0.4, 0.5) is 0 Å². The summed E-state index contributed by atoms with van der Waals surface area (Å²) in [6, 6.07) is 0.664. The van der Waals surface area contributed by atoms with Crippen molar-refractivity contribution in [1.82, 2.24) is 20.2 Å². The number of aliphatic hydroxyl groups excluding tert-OH is 1. The normalized spacial score (nSPS) is 27.8. The number of nitrogens with zero attached hydrogens (tertiary/aromatic N) is 3. The largest absolute Gasteiger partial charge is 0.474 e. The number of carbonyl (C=O) groups is 1. The third-order valence-electron chi connectivity index (χ3n) is 7.12. The molecule has 0 spiro atoms. The third kappa shape index (κ3) is 4.28. The number of hydrogen-bond acceptors (Lipinski definition) is 8. The Morgan fingerprint density at radius 1 is 1.26 bits per heavy atom. The summed E-state index contributed by atoms with van der Waals surface area (Å²) < 4.78 is 6.46. The SMILES string of the molecule is NC(=O)[C@H](O)C[C@H]1CCc2sc3ncnc(OC4CCC(N5CCNCC5)CC4)c3c21. The van der Waals surface area contributed by atoms with Crippen LogP contribution >= 0.6 is 11.3 Å². The lowest BCUT2D eigenvalue weighted by atomic mass is 9.91. The summed E-state index contributed by atoms with van der Waals surface area (Å²) in [5, 5.41) is 14.5. The fraction of sp³-hybridized carbons (Fsp3) is 0.682. The van der Waals surface area contributed by atoms with E-state index in [-0.39, 0.29) is 12.0 Å². The van der Waals surface area contributed by atoms with Crippen LogP contribution in [0.15, 0.2) is 6.33 Å². The second-order valence-corrected chi connectivity index (χ2v) is 10.1. The number of nitrogens with one attached hydrogen (secondary N) is 1. The van der Waals surface area contributed by atoms with E-state index in [1.165, 1.54) is 4.88 Å². The Labute approximate surface area is 186 Å². The second-order valence-electron chi connectivity index (χ2n) is 9.02. The quantitative estimate of drug-likeness (QED) is 0.618. The van der Waals surface area contributed by atoms with Gasteiger partial charge < -0.3 is 20.9 Å². The predicted octanol–water partition coefficient (Wildman–Crippen LogP) is 1.55. The van der Waals surface area contributed by atoms with Crippen molar-refractivity contribution in [3.8, 4) is 5.88 Å². The number of hydrogen-bond donors (Lipinski definition) is 3. The number of thiophene rings is 1. The van der Waals surface area contributed by atoms with Gasteiger partial charge in [0, 0.05) is 37.1 Å². The smallest absolute Gasteiger partial charge is 0.246 e. The van der Waals surface area contributed by atoms with E-state index in [9.17, 15) is 9.90 Å². The zero-order valence-electron chi connectivity index (χ0n) is 17.8. The zero-order chi connectivity index (χ0) is 21.4. The number of ether oxygens (including phenoxy) is 1. The van der Waals surface area contributed by atoms with Crippen LogP contribution in [0.5, 0.6) is 5.88 Å². The molecule has 2 aromatic rings. The molecule has 1 saturated heterocycles. The summed E-state index contributed by atoms with van der Waals surface area (Å²) in [6.45, 7) is 4.46. The van der Waals surface area contributed by atoms with Gasteiger partial charge in [-0.15, -0.1) is 11.3 Å². The average Bonchev–Trinajstić information content (AvgIpc) is 3.35. The van der Waals surface area contributed by atoms with E-state index in [0.29, 0.717) is 18.3 Å². The fourth-order valence-electron chi connectivity index (χ4n) is 5.48. The molecule has 3 heterocycles. The van der Waals surface area contributed by atoms with Crippen molar-refractivity contribution in [2.75, 3.05) is 26.2 Å². The Hall–Kier alpha value is -1.81. The molecule has 0 unspecified atom stereocenters. The Bertz CT molecular complexity index is 937. The maximum Gasteiger partial charge on any atom is 0.246 e. The highest BCUT2D eigenvalue weighted by Gasteiger charge is 2.34. The molecule has 168 valence electrons. The molecule has 4 N–H and O–H groups in total. The minimum absolute atomic E-state index is 0.0862. The number of piperazine rings is 1. The Balaban J connectivity index is 1.31. The number of carbonyl (C=O) groups excluding carboxylic acids is 1. The highest BCUT2D eigenvalue weighted by Crippen LogP contribution is 2.47. The van der Waals surface area contributed by atoms with Crippen molar-refractivity contribution in [3.05, 3.63) is 16.8 Å². The summed E-state index contributed by atoms with van der Waals surface area (Å²) in [6.07, 6.45) is 7.22. The van der Waals surface area contributed by atoms with Crippen LogP contribution in [0, 0.1) is 0 Å². The Kier molecular flexibility index (Phi) is 6.10. The van der Waals surface area contributed by atoms with E-state index in [4.69, 9.17) is 10.5 Å². The maximum absolute atomic E-state index is 11.4. The summed E-state index contributed by atoms with van der Waals surface area (Å²) in [4.78, 5) is 25.2. The van der Waals surface area contributed by atoms with E-state index < -0.39 is 12.0 Å².